The van der Waals surface area contributed by atoms with Crippen molar-refractivity contribution in [2.45, 2.75) is 45.9 Å². The molecule has 0 saturated carbocycles. The predicted octanol–water partition coefficient (Wildman–Crippen LogP) is -0.600. The van der Waals surface area contributed by atoms with Crippen LogP contribution >= 0.6 is 0 Å². The van der Waals surface area contributed by atoms with E-state index in [0.29, 0.717) is 0 Å². The number of rotatable bonds is 8. The smallest absolute Gasteiger partial charge is 0.323 e. The molecule has 0 aromatic rings. The topological polar surface area (TPSA) is 125 Å². The van der Waals surface area contributed by atoms with Gasteiger partial charge in [-0.2, -0.15) is 0 Å². The van der Waals surface area contributed by atoms with Gasteiger partial charge in [0, 0.05) is 0 Å². The van der Waals surface area contributed by atoms with Gasteiger partial charge in [0.15, 0.2) is 6.10 Å². The molecule has 0 aliphatic rings. The third-order valence-corrected chi connectivity index (χ3v) is 2.88. The Bertz CT molecular complexity index is 320. The molecule has 0 saturated heterocycles. The maximum absolute atomic E-state index is 11.6. The van der Waals surface area contributed by atoms with Crippen LogP contribution in [-0.4, -0.2) is 48.4 Å². The number of esters is 2. The minimum atomic E-state index is -0.935. The summed E-state index contributed by atoms with van der Waals surface area (Å²) >= 11 is 0. The number of hydrogen-bond acceptors (Lipinski definition) is 7. The first-order valence-corrected chi connectivity index (χ1v) is 6.69. The number of ether oxygens (including phenoxy) is 2. The lowest BCUT2D eigenvalue weighted by atomic mass is 10.1. The van der Waals surface area contributed by atoms with Crippen molar-refractivity contribution in [3.8, 4) is 0 Å². The first-order valence-electron chi connectivity index (χ1n) is 6.69. The van der Waals surface area contributed by atoms with E-state index < -0.39 is 36.7 Å². The van der Waals surface area contributed by atoms with Crippen molar-refractivity contribution in [3.05, 3.63) is 0 Å². The molecule has 0 fully saturated rings. The minimum absolute atomic E-state index is 0.0630. The number of carbonyl (C=O) groups excluding carboxylic acids is 2. The van der Waals surface area contributed by atoms with Crippen LogP contribution in [0, 0.1) is 11.8 Å². The van der Waals surface area contributed by atoms with Crippen LogP contribution in [0.5, 0.6) is 0 Å². The van der Waals surface area contributed by atoms with Crippen molar-refractivity contribution in [1.82, 2.24) is 0 Å². The van der Waals surface area contributed by atoms with Gasteiger partial charge in [-0.15, -0.1) is 0 Å². The molecule has 0 amide bonds. The van der Waals surface area contributed by atoms with Gasteiger partial charge in [-0.25, -0.2) is 0 Å². The summed E-state index contributed by atoms with van der Waals surface area (Å²) in [7, 11) is 0. The molecule has 0 aromatic carbocycles. The summed E-state index contributed by atoms with van der Waals surface area (Å²) in [5.41, 5.74) is 11.2. The molecule has 0 aromatic heterocycles. The Morgan fingerprint density at radius 2 is 1.45 bits per heavy atom. The molecule has 0 heterocycles. The lowest BCUT2D eigenvalue weighted by molar-refractivity contribution is -0.164. The third-order valence-electron chi connectivity index (χ3n) is 2.88. The van der Waals surface area contributed by atoms with E-state index in [0.717, 1.165) is 0 Å². The van der Waals surface area contributed by atoms with E-state index in [9.17, 15) is 9.59 Å². The van der Waals surface area contributed by atoms with Gasteiger partial charge in [0.1, 0.15) is 18.7 Å². The third kappa shape index (κ3) is 6.31. The molecule has 1 unspecified atom stereocenters. The van der Waals surface area contributed by atoms with Crippen molar-refractivity contribution in [3.63, 3.8) is 0 Å². The summed E-state index contributed by atoms with van der Waals surface area (Å²) in [6, 6.07) is -1.53. The highest BCUT2D eigenvalue weighted by Crippen LogP contribution is 2.05. The van der Waals surface area contributed by atoms with Crippen molar-refractivity contribution in [2.24, 2.45) is 23.3 Å². The molecule has 0 aliphatic heterocycles. The maximum atomic E-state index is 11.6. The number of hydrogen-bond donors (Lipinski definition) is 3. The molecule has 118 valence electrons. The Kier molecular flexibility index (Phi) is 8.36. The van der Waals surface area contributed by atoms with Crippen LogP contribution in [0.1, 0.15) is 27.7 Å². The molecule has 7 nitrogen and oxygen atoms in total. The highest BCUT2D eigenvalue weighted by molar-refractivity contribution is 5.76. The maximum Gasteiger partial charge on any atom is 0.323 e. The molecular formula is C13H26N2O5. The van der Waals surface area contributed by atoms with Crippen molar-refractivity contribution in [1.29, 1.82) is 0 Å². The SMILES string of the molecule is CC(C)[C@H](N)C(=O)OCC(CO)OC(=O)[C@@H](N)C(C)C. The molecule has 5 N–H and O–H groups in total. The van der Waals surface area contributed by atoms with Crippen LogP contribution in [0.15, 0.2) is 0 Å². The van der Waals surface area contributed by atoms with E-state index in [1.807, 2.05) is 0 Å². The van der Waals surface area contributed by atoms with Gasteiger partial charge in [0.25, 0.3) is 0 Å². The molecule has 7 heteroatoms. The Hall–Kier alpha value is -1.18. The van der Waals surface area contributed by atoms with E-state index in [1.165, 1.54) is 0 Å². The Morgan fingerprint density at radius 3 is 1.85 bits per heavy atom. The summed E-state index contributed by atoms with van der Waals surface area (Å²) in [5.74, 6) is -1.38. The van der Waals surface area contributed by atoms with E-state index in [4.69, 9.17) is 26.0 Å². The summed E-state index contributed by atoms with van der Waals surface area (Å²) in [6.07, 6.45) is -0.935. The molecule has 0 rings (SSSR count). The van der Waals surface area contributed by atoms with Gasteiger partial charge >= 0.3 is 11.9 Å². The summed E-state index contributed by atoms with van der Waals surface area (Å²) in [6.45, 7) is 6.43. The van der Waals surface area contributed by atoms with Crippen LogP contribution in [0.3, 0.4) is 0 Å². The Labute approximate surface area is 119 Å². The average molecular weight is 290 g/mol. The Balaban J connectivity index is 4.30. The van der Waals surface area contributed by atoms with E-state index >= 15 is 0 Å². The van der Waals surface area contributed by atoms with Gasteiger partial charge in [0.05, 0.1) is 6.61 Å². The minimum Gasteiger partial charge on any atom is -0.460 e. The number of aliphatic hydroxyl groups is 1. The average Bonchev–Trinajstić information content (AvgIpc) is 2.40. The summed E-state index contributed by atoms with van der Waals surface area (Å²) in [5, 5.41) is 9.12. The monoisotopic (exact) mass is 290 g/mol. The quantitative estimate of drug-likeness (QED) is 0.510. The van der Waals surface area contributed by atoms with Crippen molar-refractivity contribution < 1.29 is 24.2 Å². The summed E-state index contributed by atoms with van der Waals surface area (Å²) in [4.78, 5) is 23.2. The first-order chi connectivity index (χ1) is 9.20. The van der Waals surface area contributed by atoms with Gasteiger partial charge in [-0.3, -0.25) is 9.59 Å². The second-order valence-electron chi connectivity index (χ2n) is 5.41. The fourth-order valence-electron chi connectivity index (χ4n) is 1.18. The van der Waals surface area contributed by atoms with Crippen LogP contribution in [0.2, 0.25) is 0 Å². The normalized spacial score (nSPS) is 15.8. The van der Waals surface area contributed by atoms with Crippen molar-refractivity contribution >= 4 is 11.9 Å². The van der Waals surface area contributed by atoms with E-state index in [-0.39, 0.29) is 18.4 Å². The second kappa shape index (κ2) is 8.89. The lowest BCUT2D eigenvalue weighted by Crippen LogP contribution is -2.42. The molecule has 0 radical (unpaired) electrons. The number of carbonyl (C=O) groups is 2. The van der Waals surface area contributed by atoms with Crippen LogP contribution in [0.25, 0.3) is 0 Å². The zero-order valence-corrected chi connectivity index (χ0v) is 12.5. The summed E-state index contributed by atoms with van der Waals surface area (Å²) < 4.78 is 9.90. The lowest BCUT2D eigenvalue weighted by Gasteiger charge is -2.21. The predicted molar refractivity (Wildman–Crippen MR) is 73.6 cm³/mol. The van der Waals surface area contributed by atoms with Crippen LogP contribution < -0.4 is 11.5 Å². The van der Waals surface area contributed by atoms with Crippen molar-refractivity contribution in [2.75, 3.05) is 13.2 Å². The zero-order valence-electron chi connectivity index (χ0n) is 12.5. The van der Waals surface area contributed by atoms with Crippen LogP contribution in [-0.2, 0) is 19.1 Å². The fourth-order valence-corrected chi connectivity index (χ4v) is 1.18. The molecule has 0 aliphatic carbocycles. The van der Waals surface area contributed by atoms with Crippen LogP contribution in [0.4, 0.5) is 0 Å². The molecular weight excluding hydrogens is 264 g/mol. The second-order valence-corrected chi connectivity index (χ2v) is 5.41. The Morgan fingerprint density at radius 1 is 1.00 bits per heavy atom. The highest BCUT2D eigenvalue weighted by atomic mass is 16.6. The number of aliphatic hydroxyl groups excluding tert-OH is 1. The fraction of sp³-hybridized carbons (Fsp3) is 0.846. The molecule has 20 heavy (non-hydrogen) atoms. The molecule has 0 spiro atoms. The standard InChI is InChI=1S/C13H26N2O5/c1-7(2)10(14)12(17)19-6-9(5-16)20-13(18)11(15)8(3)4/h7-11,16H,5-6,14-15H2,1-4H3/t9?,10-,11-/m0/s1. The largest absolute Gasteiger partial charge is 0.460 e. The van der Waals surface area contributed by atoms with E-state index in [1.54, 1.807) is 27.7 Å². The molecule has 3 atom stereocenters. The van der Waals surface area contributed by atoms with Gasteiger partial charge < -0.3 is 26.0 Å². The van der Waals surface area contributed by atoms with E-state index in [2.05, 4.69) is 0 Å². The number of nitrogens with two attached hydrogens (primary N) is 2. The van der Waals surface area contributed by atoms with Gasteiger partial charge in [0.2, 0.25) is 0 Å². The zero-order chi connectivity index (χ0) is 15.9. The van der Waals surface area contributed by atoms with Gasteiger partial charge in [-0.1, -0.05) is 27.7 Å². The van der Waals surface area contributed by atoms with Gasteiger partial charge in [-0.05, 0) is 11.8 Å². The first kappa shape index (κ1) is 18.8. The molecule has 0 bridgehead atoms. The highest BCUT2D eigenvalue weighted by Gasteiger charge is 2.25.